The molecule has 0 unspecified atom stereocenters. The van der Waals surface area contributed by atoms with Gasteiger partial charge in [-0.3, -0.25) is 9.79 Å². The number of fused-ring (bicyclic) bond motifs is 1. The van der Waals surface area contributed by atoms with Gasteiger partial charge >= 0.3 is 0 Å². The third kappa shape index (κ3) is 8.80. The van der Waals surface area contributed by atoms with Gasteiger partial charge in [0.15, 0.2) is 5.96 Å². The van der Waals surface area contributed by atoms with E-state index >= 15 is 0 Å². The Morgan fingerprint density at radius 1 is 1.11 bits per heavy atom. The number of aliphatic imine (C=N–C) groups is 1. The summed E-state index contributed by atoms with van der Waals surface area (Å²) in [5.41, 5.74) is 2.67. The van der Waals surface area contributed by atoms with Crippen LogP contribution in [-0.2, 0) is 17.8 Å². The van der Waals surface area contributed by atoms with Crippen molar-refractivity contribution in [3.8, 4) is 0 Å². The Kier molecular flexibility index (Phi) is 12.2. The van der Waals surface area contributed by atoms with E-state index in [4.69, 9.17) is 0 Å². The molecule has 0 bridgehead atoms. The van der Waals surface area contributed by atoms with Crippen LogP contribution in [0, 0.1) is 5.92 Å². The maximum atomic E-state index is 12.5. The number of rotatable bonds is 9. The van der Waals surface area contributed by atoms with E-state index in [1.165, 1.54) is 24.0 Å². The minimum absolute atomic E-state index is 0. The van der Waals surface area contributed by atoms with Crippen molar-refractivity contribution in [1.29, 1.82) is 0 Å². The lowest BCUT2D eigenvalue weighted by molar-refractivity contribution is -0.132. The van der Waals surface area contributed by atoms with Crippen LogP contribution in [0.2, 0.25) is 0 Å². The van der Waals surface area contributed by atoms with Crippen molar-refractivity contribution >= 4 is 35.8 Å². The highest BCUT2D eigenvalue weighted by Gasteiger charge is 2.19. The average molecular weight is 500 g/mol. The SMILES string of the molecule is CN=C(NCCCCC(C)C)NCCCC(=O)N1CCc2ccccc2C1.I. The number of carbonyl (C=O) groups excluding carboxylic acids is 1. The molecular weight excluding hydrogens is 463 g/mol. The van der Waals surface area contributed by atoms with Crippen LogP contribution in [0.4, 0.5) is 0 Å². The van der Waals surface area contributed by atoms with Crippen molar-refractivity contribution in [2.24, 2.45) is 10.9 Å². The number of unbranched alkanes of at least 4 members (excludes halogenated alkanes) is 1. The maximum Gasteiger partial charge on any atom is 0.222 e. The van der Waals surface area contributed by atoms with Gasteiger partial charge in [0, 0.05) is 39.6 Å². The number of halogens is 1. The first-order chi connectivity index (χ1) is 13.1. The lowest BCUT2D eigenvalue weighted by Crippen LogP contribution is -2.39. The van der Waals surface area contributed by atoms with Gasteiger partial charge < -0.3 is 15.5 Å². The van der Waals surface area contributed by atoms with Crippen molar-refractivity contribution in [3.63, 3.8) is 0 Å². The van der Waals surface area contributed by atoms with Gasteiger partial charge in [-0.1, -0.05) is 51.0 Å². The quantitative estimate of drug-likeness (QED) is 0.234. The lowest BCUT2D eigenvalue weighted by Gasteiger charge is -2.29. The molecule has 5 nitrogen and oxygen atoms in total. The Morgan fingerprint density at radius 3 is 2.46 bits per heavy atom. The van der Waals surface area contributed by atoms with Gasteiger partial charge in [-0.2, -0.15) is 0 Å². The molecule has 0 saturated carbocycles. The van der Waals surface area contributed by atoms with Gasteiger partial charge in [-0.15, -0.1) is 24.0 Å². The fraction of sp³-hybridized carbons (Fsp3) is 0.636. The summed E-state index contributed by atoms with van der Waals surface area (Å²) in [5, 5.41) is 6.66. The lowest BCUT2D eigenvalue weighted by atomic mass is 9.99. The minimum atomic E-state index is 0. The molecule has 2 rings (SSSR count). The first-order valence-corrected chi connectivity index (χ1v) is 10.4. The minimum Gasteiger partial charge on any atom is -0.356 e. The van der Waals surface area contributed by atoms with E-state index in [0.29, 0.717) is 6.42 Å². The number of benzene rings is 1. The molecule has 1 amide bonds. The number of guanidine groups is 1. The molecule has 1 heterocycles. The topological polar surface area (TPSA) is 56.7 Å². The van der Waals surface area contributed by atoms with Crippen LogP contribution in [0.1, 0.15) is 57.1 Å². The molecule has 0 saturated heterocycles. The average Bonchev–Trinajstić information content (AvgIpc) is 2.68. The van der Waals surface area contributed by atoms with Crippen LogP contribution in [0.5, 0.6) is 0 Å². The van der Waals surface area contributed by atoms with E-state index in [-0.39, 0.29) is 29.9 Å². The van der Waals surface area contributed by atoms with E-state index in [9.17, 15) is 4.79 Å². The van der Waals surface area contributed by atoms with E-state index < -0.39 is 0 Å². The van der Waals surface area contributed by atoms with Crippen LogP contribution < -0.4 is 10.6 Å². The first-order valence-electron chi connectivity index (χ1n) is 10.4. The normalized spacial score (nSPS) is 13.7. The molecule has 0 radical (unpaired) electrons. The first kappa shape index (κ1) is 24.7. The van der Waals surface area contributed by atoms with Crippen LogP contribution in [-0.4, -0.2) is 43.4 Å². The summed E-state index contributed by atoms with van der Waals surface area (Å²) in [4.78, 5) is 18.7. The Hall–Kier alpha value is -1.31. The number of hydrogen-bond donors (Lipinski definition) is 2. The maximum absolute atomic E-state index is 12.5. The van der Waals surface area contributed by atoms with E-state index in [2.05, 4.69) is 53.7 Å². The highest BCUT2D eigenvalue weighted by molar-refractivity contribution is 14.0. The summed E-state index contributed by atoms with van der Waals surface area (Å²) < 4.78 is 0. The van der Waals surface area contributed by atoms with Crippen LogP contribution in [0.15, 0.2) is 29.3 Å². The van der Waals surface area contributed by atoms with Gasteiger partial charge in [0.1, 0.15) is 0 Å². The largest absolute Gasteiger partial charge is 0.356 e. The van der Waals surface area contributed by atoms with Crippen molar-refractivity contribution in [2.45, 2.75) is 58.9 Å². The Bertz CT molecular complexity index is 618. The highest BCUT2D eigenvalue weighted by Crippen LogP contribution is 2.19. The molecule has 0 aliphatic carbocycles. The Morgan fingerprint density at radius 2 is 1.79 bits per heavy atom. The Balaban J connectivity index is 0.00000392. The second-order valence-electron chi connectivity index (χ2n) is 7.75. The third-order valence-electron chi connectivity index (χ3n) is 5.07. The van der Waals surface area contributed by atoms with Crippen molar-refractivity contribution in [1.82, 2.24) is 15.5 Å². The van der Waals surface area contributed by atoms with Crippen LogP contribution >= 0.6 is 24.0 Å². The predicted molar refractivity (Wildman–Crippen MR) is 128 cm³/mol. The summed E-state index contributed by atoms with van der Waals surface area (Å²) in [7, 11) is 1.79. The fourth-order valence-corrected chi connectivity index (χ4v) is 3.42. The molecule has 0 spiro atoms. The monoisotopic (exact) mass is 500 g/mol. The number of nitrogens with zero attached hydrogens (tertiary/aromatic N) is 2. The van der Waals surface area contributed by atoms with E-state index in [1.54, 1.807) is 7.05 Å². The number of carbonyl (C=O) groups is 1. The molecule has 1 aliphatic rings. The summed E-state index contributed by atoms with van der Waals surface area (Å²) in [5.74, 6) is 1.86. The molecule has 158 valence electrons. The molecule has 28 heavy (non-hydrogen) atoms. The smallest absolute Gasteiger partial charge is 0.222 e. The fourth-order valence-electron chi connectivity index (χ4n) is 3.42. The molecular formula is C22H37IN4O. The van der Waals surface area contributed by atoms with Gasteiger partial charge in [-0.25, -0.2) is 0 Å². The molecule has 1 aromatic carbocycles. The van der Waals surface area contributed by atoms with Gasteiger partial charge in [0.05, 0.1) is 0 Å². The van der Waals surface area contributed by atoms with Gasteiger partial charge in [-0.05, 0) is 36.3 Å². The second-order valence-corrected chi connectivity index (χ2v) is 7.75. The summed E-state index contributed by atoms with van der Waals surface area (Å²) >= 11 is 0. The van der Waals surface area contributed by atoms with Crippen molar-refractivity contribution in [2.75, 3.05) is 26.7 Å². The summed E-state index contributed by atoms with van der Waals surface area (Å²) in [6, 6.07) is 8.43. The van der Waals surface area contributed by atoms with Crippen LogP contribution in [0.25, 0.3) is 0 Å². The highest BCUT2D eigenvalue weighted by atomic mass is 127. The van der Waals surface area contributed by atoms with Crippen molar-refractivity contribution < 1.29 is 4.79 Å². The molecule has 6 heteroatoms. The molecule has 0 atom stereocenters. The number of nitrogens with one attached hydrogen (secondary N) is 2. The number of amides is 1. The van der Waals surface area contributed by atoms with Crippen LogP contribution in [0.3, 0.4) is 0 Å². The van der Waals surface area contributed by atoms with E-state index in [1.807, 2.05) is 4.90 Å². The standard InChI is InChI=1S/C22H36N4O.HI/c1-18(2)9-6-7-14-24-22(23-3)25-15-8-12-21(27)26-16-13-19-10-4-5-11-20(19)17-26;/h4-5,10-11,18H,6-9,12-17H2,1-3H3,(H2,23,24,25);1H. The van der Waals surface area contributed by atoms with Crippen molar-refractivity contribution in [3.05, 3.63) is 35.4 Å². The van der Waals surface area contributed by atoms with E-state index in [0.717, 1.165) is 57.3 Å². The Labute approximate surface area is 187 Å². The molecule has 0 fully saturated rings. The molecule has 2 N–H and O–H groups in total. The van der Waals surface area contributed by atoms with Gasteiger partial charge in [0.25, 0.3) is 0 Å². The zero-order chi connectivity index (χ0) is 19.5. The molecule has 0 aromatic heterocycles. The van der Waals surface area contributed by atoms with Gasteiger partial charge in [0.2, 0.25) is 5.91 Å². The zero-order valence-corrected chi connectivity index (χ0v) is 20.0. The predicted octanol–water partition coefficient (Wildman–Crippen LogP) is 3.96. The summed E-state index contributed by atoms with van der Waals surface area (Å²) in [6.07, 6.45) is 6.05. The second kappa shape index (κ2) is 13.8. The summed E-state index contributed by atoms with van der Waals surface area (Å²) in [6.45, 7) is 7.82. The molecule has 1 aliphatic heterocycles. The number of hydrogen-bond acceptors (Lipinski definition) is 2. The third-order valence-corrected chi connectivity index (χ3v) is 5.07. The zero-order valence-electron chi connectivity index (χ0n) is 17.7. The molecule has 1 aromatic rings.